The van der Waals surface area contributed by atoms with Gasteiger partial charge in [-0.15, -0.1) is 0 Å². The summed E-state index contributed by atoms with van der Waals surface area (Å²) in [5.41, 5.74) is 0.155. The summed E-state index contributed by atoms with van der Waals surface area (Å²) >= 11 is 0. The molecular weight excluding hydrogens is 234 g/mol. The first-order valence-corrected chi connectivity index (χ1v) is 6.64. The summed E-state index contributed by atoms with van der Waals surface area (Å²) in [5.74, 6) is -0.918. The Morgan fingerprint density at radius 2 is 1.89 bits per heavy atom. The molecule has 2 nitrogen and oxygen atoms in total. The van der Waals surface area contributed by atoms with Gasteiger partial charge in [0.25, 0.3) is 0 Å². The highest BCUT2D eigenvalue weighted by atomic mass is 19.1. The number of halogens is 2. The third-order valence-electron chi connectivity index (χ3n) is 3.91. The van der Waals surface area contributed by atoms with Gasteiger partial charge in [-0.2, -0.15) is 0 Å². The van der Waals surface area contributed by atoms with Crippen LogP contribution >= 0.6 is 0 Å². The molecule has 4 heteroatoms. The van der Waals surface area contributed by atoms with Gasteiger partial charge in [0.1, 0.15) is 11.6 Å². The Labute approximate surface area is 106 Å². The van der Waals surface area contributed by atoms with Crippen LogP contribution in [0, 0.1) is 11.6 Å². The molecule has 98 valence electrons. The van der Waals surface area contributed by atoms with Crippen LogP contribution < -0.4 is 5.32 Å². The van der Waals surface area contributed by atoms with Crippen LogP contribution in [0.3, 0.4) is 0 Å². The maximum absolute atomic E-state index is 13.4. The second-order valence-corrected chi connectivity index (χ2v) is 5.29. The maximum atomic E-state index is 13.4. The number of hydrogen-bond acceptors (Lipinski definition) is 2. The highest BCUT2D eigenvalue weighted by Crippen LogP contribution is 2.29. The van der Waals surface area contributed by atoms with Crippen LogP contribution in [0.5, 0.6) is 0 Å². The minimum Gasteiger partial charge on any atom is -0.308 e. The van der Waals surface area contributed by atoms with Gasteiger partial charge in [0.05, 0.1) is 0 Å². The Morgan fingerprint density at radius 3 is 2.56 bits per heavy atom. The van der Waals surface area contributed by atoms with Gasteiger partial charge < -0.3 is 5.32 Å². The van der Waals surface area contributed by atoms with Crippen molar-refractivity contribution < 1.29 is 8.78 Å². The Balaban J connectivity index is 1.55. The van der Waals surface area contributed by atoms with Crippen LogP contribution in [0.1, 0.15) is 24.8 Å². The zero-order chi connectivity index (χ0) is 12.5. The van der Waals surface area contributed by atoms with Gasteiger partial charge in [0.15, 0.2) is 0 Å². The fourth-order valence-corrected chi connectivity index (χ4v) is 2.67. The number of nitrogens with one attached hydrogen (secondary N) is 1. The molecule has 2 fully saturated rings. The Morgan fingerprint density at radius 1 is 1.17 bits per heavy atom. The second kappa shape index (κ2) is 4.94. The molecule has 1 aromatic carbocycles. The molecule has 0 radical (unpaired) electrons. The standard InChI is InChI=1S/C14H18F2N2/c15-13-2-1-3-14(16)12(13)8-17-10-6-7-18(9-10)11-4-5-11/h1-3,10-11,17H,4-9H2. The lowest BCUT2D eigenvalue weighted by atomic mass is 10.1. The molecule has 1 saturated carbocycles. The average molecular weight is 252 g/mol. The third-order valence-corrected chi connectivity index (χ3v) is 3.91. The van der Waals surface area contributed by atoms with Gasteiger partial charge in [-0.25, -0.2) is 8.78 Å². The molecule has 1 saturated heterocycles. The van der Waals surface area contributed by atoms with Gasteiger partial charge in [-0.05, 0) is 31.4 Å². The molecule has 0 amide bonds. The first kappa shape index (κ1) is 12.1. The van der Waals surface area contributed by atoms with Gasteiger partial charge in [0.2, 0.25) is 0 Å². The molecule has 1 aliphatic heterocycles. The smallest absolute Gasteiger partial charge is 0.130 e. The molecule has 0 aromatic heterocycles. The summed E-state index contributed by atoms with van der Waals surface area (Å²) in [5, 5.41) is 3.27. The molecule has 1 aliphatic carbocycles. The van der Waals surface area contributed by atoms with Crippen LogP contribution in [-0.2, 0) is 6.54 Å². The molecule has 1 atom stereocenters. The highest BCUT2D eigenvalue weighted by molar-refractivity contribution is 5.19. The molecule has 1 heterocycles. The van der Waals surface area contributed by atoms with Crippen LogP contribution in [-0.4, -0.2) is 30.1 Å². The summed E-state index contributed by atoms with van der Waals surface area (Å²) in [6.45, 7) is 2.41. The van der Waals surface area contributed by atoms with E-state index in [1.54, 1.807) is 0 Å². The fraction of sp³-hybridized carbons (Fsp3) is 0.571. The van der Waals surface area contributed by atoms with Crippen molar-refractivity contribution in [1.29, 1.82) is 0 Å². The van der Waals surface area contributed by atoms with Crippen molar-refractivity contribution in [2.45, 2.75) is 37.9 Å². The van der Waals surface area contributed by atoms with Crippen molar-refractivity contribution in [3.8, 4) is 0 Å². The lowest BCUT2D eigenvalue weighted by Gasteiger charge is -2.16. The number of rotatable bonds is 4. The lowest BCUT2D eigenvalue weighted by molar-refractivity contribution is 0.317. The van der Waals surface area contributed by atoms with Crippen molar-refractivity contribution >= 4 is 0 Å². The third kappa shape index (κ3) is 2.54. The molecule has 3 rings (SSSR count). The largest absolute Gasteiger partial charge is 0.308 e. The van der Waals surface area contributed by atoms with E-state index in [4.69, 9.17) is 0 Å². The van der Waals surface area contributed by atoms with Crippen molar-refractivity contribution in [2.75, 3.05) is 13.1 Å². The van der Waals surface area contributed by atoms with Gasteiger partial charge >= 0.3 is 0 Å². The molecular formula is C14H18F2N2. The van der Waals surface area contributed by atoms with Crippen LogP contribution in [0.2, 0.25) is 0 Å². The van der Waals surface area contributed by atoms with Gasteiger partial charge in [-0.3, -0.25) is 4.90 Å². The molecule has 0 bridgehead atoms. The number of hydrogen-bond donors (Lipinski definition) is 1. The van der Waals surface area contributed by atoms with Crippen molar-refractivity contribution in [3.63, 3.8) is 0 Å². The Bertz CT molecular complexity index is 412. The SMILES string of the molecule is Fc1cccc(F)c1CNC1CCN(C2CC2)C1. The zero-order valence-corrected chi connectivity index (χ0v) is 10.3. The van der Waals surface area contributed by atoms with Crippen LogP contribution in [0.25, 0.3) is 0 Å². The van der Waals surface area contributed by atoms with Crippen molar-refractivity contribution in [3.05, 3.63) is 35.4 Å². The van der Waals surface area contributed by atoms with E-state index in [-0.39, 0.29) is 12.1 Å². The number of likely N-dealkylation sites (tertiary alicyclic amines) is 1. The van der Waals surface area contributed by atoms with E-state index in [0.717, 1.165) is 25.6 Å². The second-order valence-electron chi connectivity index (χ2n) is 5.29. The first-order chi connectivity index (χ1) is 8.74. The zero-order valence-electron chi connectivity index (χ0n) is 10.3. The van der Waals surface area contributed by atoms with E-state index in [1.807, 2.05) is 0 Å². The monoisotopic (exact) mass is 252 g/mol. The van der Waals surface area contributed by atoms with E-state index < -0.39 is 11.6 Å². The van der Waals surface area contributed by atoms with Crippen molar-refractivity contribution in [2.24, 2.45) is 0 Å². The Hall–Kier alpha value is -1.00. The molecule has 2 aliphatic rings. The topological polar surface area (TPSA) is 15.3 Å². The Kier molecular flexibility index (Phi) is 3.31. The van der Waals surface area contributed by atoms with E-state index in [1.165, 1.54) is 31.0 Å². The summed E-state index contributed by atoms with van der Waals surface area (Å²) < 4.78 is 26.9. The predicted octanol–water partition coefficient (Wildman–Crippen LogP) is 2.29. The first-order valence-electron chi connectivity index (χ1n) is 6.64. The van der Waals surface area contributed by atoms with Gasteiger partial charge in [0, 0.05) is 37.3 Å². The molecule has 18 heavy (non-hydrogen) atoms. The van der Waals surface area contributed by atoms with E-state index in [0.29, 0.717) is 6.04 Å². The van der Waals surface area contributed by atoms with Gasteiger partial charge in [-0.1, -0.05) is 6.07 Å². The maximum Gasteiger partial charge on any atom is 0.130 e. The minimum atomic E-state index is -0.459. The number of benzene rings is 1. The van der Waals surface area contributed by atoms with E-state index >= 15 is 0 Å². The summed E-state index contributed by atoms with van der Waals surface area (Å²) in [7, 11) is 0. The normalized spacial score (nSPS) is 24.7. The summed E-state index contributed by atoms with van der Waals surface area (Å²) in [4.78, 5) is 2.48. The average Bonchev–Trinajstić information content (AvgIpc) is 3.09. The quantitative estimate of drug-likeness (QED) is 0.884. The number of nitrogens with zero attached hydrogens (tertiary/aromatic N) is 1. The fourth-order valence-electron chi connectivity index (χ4n) is 2.67. The highest BCUT2D eigenvalue weighted by Gasteiger charge is 2.34. The molecule has 1 N–H and O–H groups in total. The predicted molar refractivity (Wildman–Crippen MR) is 66.2 cm³/mol. The molecule has 1 aromatic rings. The van der Waals surface area contributed by atoms with Crippen molar-refractivity contribution in [1.82, 2.24) is 10.2 Å². The van der Waals surface area contributed by atoms with Crippen LogP contribution in [0.4, 0.5) is 8.78 Å². The van der Waals surface area contributed by atoms with E-state index in [9.17, 15) is 8.78 Å². The lowest BCUT2D eigenvalue weighted by Crippen LogP contribution is -2.33. The minimum absolute atomic E-state index is 0.155. The molecule has 1 unspecified atom stereocenters. The van der Waals surface area contributed by atoms with Crippen LogP contribution in [0.15, 0.2) is 18.2 Å². The van der Waals surface area contributed by atoms with E-state index in [2.05, 4.69) is 10.2 Å². The summed E-state index contributed by atoms with van der Waals surface area (Å²) in [6, 6.07) is 5.17. The summed E-state index contributed by atoms with van der Waals surface area (Å²) in [6.07, 6.45) is 3.70. The molecule has 0 spiro atoms.